The van der Waals surface area contributed by atoms with Crippen molar-refractivity contribution in [2.24, 2.45) is 4.99 Å². The molecule has 0 aliphatic carbocycles. The molecule has 0 aliphatic heterocycles. The van der Waals surface area contributed by atoms with Crippen LogP contribution in [0.15, 0.2) is 48.1 Å². The van der Waals surface area contributed by atoms with Crippen LogP contribution in [-0.4, -0.2) is 8.70 Å². The third-order valence-electron chi connectivity index (χ3n) is 3.23. The molecule has 0 spiro atoms. The lowest BCUT2D eigenvalue weighted by Crippen LogP contribution is -1.92. The van der Waals surface area contributed by atoms with Gasteiger partial charge in [-0.1, -0.05) is 38.6 Å². The summed E-state index contributed by atoms with van der Waals surface area (Å²) in [6.07, 6.45) is 3.78. The number of halogens is 1. The minimum absolute atomic E-state index is 0.450. The van der Waals surface area contributed by atoms with Gasteiger partial charge in [-0.15, -0.1) is 0 Å². The maximum Gasteiger partial charge on any atom is 0.0760 e. The van der Waals surface area contributed by atoms with Gasteiger partial charge in [0, 0.05) is 23.0 Å². The molecule has 108 valence electrons. The molecule has 0 radical (unpaired) electrons. The molecule has 0 saturated carbocycles. The topological polar surface area (TPSA) is 25.2 Å². The van der Waals surface area contributed by atoms with Crippen LogP contribution in [0.5, 0.6) is 0 Å². The second-order valence-corrected chi connectivity index (χ2v) is 6.77. The summed E-state index contributed by atoms with van der Waals surface area (Å²) in [6, 6.07) is 10.4. The van der Waals surface area contributed by atoms with Gasteiger partial charge in [0.25, 0.3) is 0 Å². The number of aromatic nitrogens is 1. The van der Waals surface area contributed by atoms with Gasteiger partial charge in [0.2, 0.25) is 0 Å². The van der Waals surface area contributed by atoms with Crippen molar-refractivity contribution < 1.29 is 0 Å². The molecule has 0 saturated heterocycles. The van der Waals surface area contributed by atoms with Gasteiger partial charge in [-0.2, -0.15) is 0 Å². The highest BCUT2D eigenvalue weighted by atomic mass is 127. The van der Waals surface area contributed by atoms with E-state index in [0.717, 1.165) is 31.8 Å². The Kier molecular flexibility index (Phi) is 5.28. The number of aliphatic imine (C=N–C) groups is 1. The molecule has 21 heavy (non-hydrogen) atoms. The minimum atomic E-state index is 0.450. The smallest absolute Gasteiger partial charge is 0.0760 e. The zero-order valence-corrected chi connectivity index (χ0v) is 14.8. The summed E-state index contributed by atoms with van der Waals surface area (Å²) < 4.78 is 1.01. The number of benzene rings is 1. The van der Waals surface area contributed by atoms with Crippen molar-refractivity contribution in [1.82, 2.24) is 4.98 Å². The highest BCUT2D eigenvalue weighted by molar-refractivity contribution is 14.1. The zero-order valence-electron chi connectivity index (χ0n) is 12.6. The molecule has 0 amide bonds. The first-order valence-corrected chi connectivity index (χ1v) is 8.02. The summed E-state index contributed by atoms with van der Waals surface area (Å²) in [5, 5.41) is 0. The molecule has 3 heteroatoms. The molecule has 0 atom stereocenters. The molecule has 1 heterocycles. The summed E-state index contributed by atoms with van der Waals surface area (Å²) in [6.45, 7) is 10.2. The average Bonchev–Trinajstić information content (AvgIpc) is 2.47. The normalized spacial score (nSPS) is 11.8. The molecule has 1 aromatic carbocycles. The van der Waals surface area contributed by atoms with Gasteiger partial charge in [0.15, 0.2) is 0 Å². The van der Waals surface area contributed by atoms with Crippen LogP contribution >= 0.6 is 22.6 Å². The predicted molar refractivity (Wildman–Crippen MR) is 101 cm³/mol. The summed E-state index contributed by atoms with van der Waals surface area (Å²) in [5.74, 6) is 0.450. The molecule has 2 nitrogen and oxygen atoms in total. The molecule has 2 rings (SSSR count). The molecule has 2 aromatic rings. The van der Waals surface area contributed by atoms with Crippen molar-refractivity contribution in [2.75, 3.05) is 0 Å². The molecule has 0 aliphatic rings. The van der Waals surface area contributed by atoms with Crippen molar-refractivity contribution in [3.05, 3.63) is 54.4 Å². The third-order valence-corrected chi connectivity index (χ3v) is 3.47. The molecular formula is C18H19IN2. The fraction of sp³-hybridized carbons (Fsp3) is 0.222. The molecule has 0 fully saturated rings. The monoisotopic (exact) mass is 390 g/mol. The van der Waals surface area contributed by atoms with Gasteiger partial charge in [0.1, 0.15) is 0 Å². The highest BCUT2D eigenvalue weighted by Gasteiger charge is 2.05. The van der Waals surface area contributed by atoms with E-state index in [1.54, 1.807) is 0 Å². The predicted octanol–water partition coefficient (Wildman–Crippen LogP) is 6.00. The second-order valence-electron chi connectivity index (χ2n) is 5.21. The first-order valence-electron chi connectivity index (χ1n) is 6.95. The molecule has 1 aromatic heterocycles. The lowest BCUT2D eigenvalue weighted by atomic mass is 10.0. The number of pyridine rings is 1. The van der Waals surface area contributed by atoms with E-state index in [1.807, 2.05) is 25.3 Å². The number of nitrogens with zero attached hydrogens (tertiary/aromatic N) is 2. The van der Waals surface area contributed by atoms with Crippen molar-refractivity contribution in [2.45, 2.75) is 26.7 Å². The van der Waals surface area contributed by atoms with Crippen LogP contribution in [0.1, 0.15) is 37.9 Å². The zero-order chi connectivity index (χ0) is 15.4. The number of rotatable bonds is 4. The van der Waals surface area contributed by atoms with Gasteiger partial charge < -0.3 is 0 Å². The van der Waals surface area contributed by atoms with Gasteiger partial charge in [0.05, 0.1) is 9.41 Å². The van der Waals surface area contributed by atoms with Crippen LogP contribution in [0, 0.1) is 0 Å². The van der Waals surface area contributed by atoms with Crippen LogP contribution < -0.4 is 0 Å². The Bertz CT molecular complexity index is 666. The van der Waals surface area contributed by atoms with Gasteiger partial charge in [-0.25, -0.2) is 4.99 Å². The van der Waals surface area contributed by atoms with E-state index >= 15 is 0 Å². The molecule has 0 bridgehead atoms. The molecule has 0 N–H and O–H groups in total. The van der Waals surface area contributed by atoms with Gasteiger partial charge >= 0.3 is 0 Å². The van der Waals surface area contributed by atoms with E-state index in [0.29, 0.717) is 5.92 Å². The van der Waals surface area contributed by atoms with Crippen molar-refractivity contribution in [1.29, 1.82) is 0 Å². The first kappa shape index (κ1) is 15.9. The Morgan fingerprint density at radius 2 is 1.95 bits per heavy atom. The van der Waals surface area contributed by atoms with Crippen molar-refractivity contribution in [3.8, 4) is 11.1 Å². The summed E-state index contributed by atoms with van der Waals surface area (Å²) in [7, 11) is 0. The van der Waals surface area contributed by atoms with E-state index < -0.39 is 0 Å². The van der Waals surface area contributed by atoms with Crippen LogP contribution in [0.3, 0.4) is 0 Å². The Balaban J connectivity index is 2.41. The lowest BCUT2D eigenvalue weighted by molar-refractivity contribution is 0.823. The van der Waals surface area contributed by atoms with Crippen LogP contribution in [0.2, 0.25) is 0 Å². The minimum Gasteiger partial charge on any atom is -0.260 e. The Hall–Kier alpha value is -1.49. The fourth-order valence-corrected chi connectivity index (χ4v) is 2.34. The van der Waals surface area contributed by atoms with E-state index in [9.17, 15) is 0 Å². The van der Waals surface area contributed by atoms with Crippen LogP contribution in [0.4, 0.5) is 5.69 Å². The third kappa shape index (κ3) is 4.00. The standard InChI is InChI=1S/C18H19IN2/c1-5-14-10-15(6-9-18(14)21-13(4)19)16-7-8-17(12(2)3)20-11-16/h5-12H,1H2,2-4H3. The van der Waals surface area contributed by atoms with Crippen molar-refractivity contribution in [3.63, 3.8) is 0 Å². The van der Waals surface area contributed by atoms with E-state index in [2.05, 4.69) is 77.3 Å². The van der Waals surface area contributed by atoms with E-state index in [4.69, 9.17) is 0 Å². The Morgan fingerprint density at radius 1 is 1.24 bits per heavy atom. The second kappa shape index (κ2) is 6.98. The molecular weight excluding hydrogens is 371 g/mol. The first-order chi connectivity index (χ1) is 10.0. The largest absolute Gasteiger partial charge is 0.260 e. The Morgan fingerprint density at radius 3 is 2.48 bits per heavy atom. The quantitative estimate of drug-likeness (QED) is 0.464. The highest BCUT2D eigenvalue weighted by Crippen LogP contribution is 2.28. The van der Waals surface area contributed by atoms with Crippen LogP contribution in [-0.2, 0) is 0 Å². The fourth-order valence-electron chi connectivity index (χ4n) is 2.08. The average molecular weight is 390 g/mol. The number of hydrogen-bond donors (Lipinski definition) is 0. The SMILES string of the molecule is C=Cc1cc(-c2ccc(C(C)C)nc2)ccc1N=C(C)I. The van der Waals surface area contributed by atoms with Crippen LogP contribution in [0.25, 0.3) is 17.2 Å². The summed E-state index contributed by atoms with van der Waals surface area (Å²) in [5.41, 5.74) is 5.36. The van der Waals surface area contributed by atoms with Gasteiger partial charge in [-0.3, -0.25) is 4.98 Å². The number of hydrogen-bond acceptors (Lipinski definition) is 2. The van der Waals surface area contributed by atoms with E-state index in [1.165, 1.54) is 0 Å². The van der Waals surface area contributed by atoms with Gasteiger partial charge in [-0.05, 0) is 59.2 Å². The summed E-state index contributed by atoms with van der Waals surface area (Å²) in [4.78, 5) is 9.05. The maximum absolute atomic E-state index is 4.53. The lowest BCUT2D eigenvalue weighted by Gasteiger charge is -2.08. The van der Waals surface area contributed by atoms with E-state index in [-0.39, 0.29) is 0 Å². The maximum atomic E-state index is 4.53. The Labute approximate surface area is 140 Å². The summed E-state index contributed by atoms with van der Waals surface area (Å²) >= 11 is 2.21. The van der Waals surface area contributed by atoms with Crippen molar-refractivity contribution >= 4 is 38.1 Å². The molecule has 0 unspecified atom stereocenters.